The maximum absolute atomic E-state index is 10.7. The summed E-state index contributed by atoms with van der Waals surface area (Å²) in [4.78, 5) is 0. The van der Waals surface area contributed by atoms with Crippen molar-refractivity contribution in [1.82, 2.24) is 0 Å². The number of hydrogen-bond acceptors (Lipinski definition) is 14. The van der Waals surface area contributed by atoms with Gasteiger partial charge in [0.2, 0.25) is 0 Å². The molecule has 0 aliphatic carbocycles. The minimum atomic E-state index is -1.78. The van der Waals surface area contributed by atoms with Crippen molar-refractivity contribution in [3.8, 4) is 0 Å². The van der Waals surface area contributed by atoms with Gasteiger partial charge in [-0.15, -0.1) is 0 Å². The second kappa shape index (κ2) is 10.4. The molecule has 3 saturated heterocycles. The molecule has 0 aromatic heterocycles. The van der Waals surface area contributed by atoms with Gasteiger partial charge >= 0.3 is 0 Å². The largest absolute Gasteiger partial charge is 0.394 e. The van der Waals surface area contributed by atoms with E-state index in [1.54, 1.807) is 0 Å². The fourth-order valence-corrected chi connectivity index (χ4v) is 3.93. The van der Waals surface area contributed by atoms with Crippen LogP contribution in [0.25, 0.3) is 0 Å². The van der Waals surface area contributed by atoms with Gasteiger partial charge in [0.05, 0.1) is 18.8 Å². The normalized spacial score (nSPS) is 55.0. The lowest BCUT2D eigenvalue weighted by Crippen LogP contribution is -2.65. The lowest BCUT2D eigenvalue weighted by Gasteiger charge is -2.47. The van der Waals surface area contributed by atoms with E-state index in [9.17, 15) is 46.0 Å². The van der Waals surface area contributed by atoms with E-state index in [0.717, 1.165) is 0 Å². The molecule has 0 aromatic carbocycles. The van der Waals surface area contributed by atoms with Gasteiger partial charge in [0.25, 0.3) is 0 Å². The Labute approximate surface area is 183 Å². The topological polar surface area (TPSA) is 228 Å². The number of ether oxygens (including phenoxy) is 5. The Hall–Kier alpha value is -0.560. The van der Waals surface area contributed by atoms with E-state index >= 15 is 0 Å². The molecular formula is C18H32O14. The van der Waals surface area contributed by atoms with E-state index in [1.165, 1.54) is 13.8 Å². The molecule has 15 atom stereocenters. The van der Waals surface area contributed by atoms with Gasteiger partial charge in [0.15, 0.2) is 18.9 Å². The van der Waals surface area contributed by atoms with Crippen molar-refractivity contribution in [1.29, 1.82) is 0 Å². The standard InChI is InChI=1S/C18H32O14/c1-4-7(20)14(12(25)16(27)28-4)31-18-13(26)15(8(21)5(2)29-18)32-17-11(24)10(23)9(22)6(3-19)30-17/h4-27H,3H2,1-2H3/t4-,5-,6+,7-,8-,9-,10-,11+,12+,13+,14+,15+,16?,17+,18-/m0/s1. The zero-order valence-corrected chi connectivity index (χ0v) is 17.4. The third-order valence-electron chi connectivity index (χ3n) is 6.01. The molecule has 14 heteroatoms. The fourth-order valence-electron chi connectivity index (χ4n) is 3.93. The van der Waals surface area contributed by atoms with Gasteiger partial charge in [-0.2, -0.15) is 0 Å². The van der Waals surface area contributed by atoms with Gasteiger partial charge in [0, 0.05) is 0 Å². The zero-order chi connectivity index (χ0) is 23.9. The number of rotatable bonds is 5. The molecule has 0 saturated carbocycles. The summed E-state index contributed by atoms with van der Waals surface area (Å²) in [6, 6.07) is 0. The molecular weight excluding hydrogens is 440 g/mol. The summed E-state index contributed by atoms with van der Waals surface area (Å²) in [6.07, 6.45) is -22.4. The summed E-state index contributed by atoms with van der Waals surface area (Å²) in [5, 5.41) is 90.6. The Balaban J connectivity index is 1.74. The van der Waals surface area contributed by atoms with Gasteiger partial charge in [-0.05, 0) is 13.8 Å². The van der Waals surface area contributed by atoms with Crippen LogP contribution in [0.5, 0.6) is 0 Å². The Morgan fingerprint density at radius 2 is 1.06 bits per heavy atom. The van der Waals surface area contributed by atoms with Gasteiger partial charge in [0.1, 0.15) is 61.0 Å². The first-order chi connectivity index (χ1) is 15.0. The van der Waals surface area contributed by atoms with E-state index in [0.29, 0.717) is 0 Å². The summed E-state index contributed by atoms with van der Waals surface area (Å²) in [5.41, 5.74) is 0. The van der Waals surface area contributed by atoms with Crippen LogP contribution in [0.1, 0.15) is 13.8 Å². The van der Waals surface area contributed by atoms with E-state index in [-0.39, 0.29) is 0 Å². The van der Waals surface area contributed by atoms with Gasteiger partial charge in [-0.3, -0.25) is 0 Å². The molecule has 0 aromatic rings. The monoisotopic (exact) mass is 472 g/mol. The maximum atomic E-state index is 10.7. The van der Waals surface area contributed by atoms with Crippen molar-refractivity contribution in [2.24, 2.45) is 0 Å². The van der Waals surface area contributed by atoms with E-state index in [2.05, 4.69) is 0 Å². The first-order valence-electron chi connectivity index (χ1n) is 10.3. The van der Waals surface area contributed by atoms with Crippen molar-refractivity contribution in [2.75, 3.05) is 6.61 Å². The quantitative estimate of drug-likeness (QED) is 0.182. The average Bonchev–Trinajstić information content (AvgIpc) is 2.76. The molecule has 3 aliphatic rings. The van der Waals surface area contributed by atoms with Crippen LogP contribution >= 0.6 is 0 Å². The average molecular weight is 472 g/mol. The zero-order valence-electron chi connectivity index (χ0n) is 17.4. The lowest BCUT2D eigenvalue weighted by atomic mass is 9.96. The highest BCUT2D eigenvalue weighted by Gasteiger charge is 2.52. The summed E-state index contributed by atoms with van der Waals surface area (Å²) >= 11 is 0. The molecule has 3 fully saturated rings. The minimum absolute atomic E-state index is 0.703. The van der Waals surface area contributed by atoms with E-state index in [1.807, 2.05) is 0 Å². The highest BCUT2D eigenvalue weighted by atomic mass is 16.7. The number of aliphatic hydroxyl groups is 9. The van der Waals surface area contributed by atoms with Crippen molar-refractivity contribution >= 4 is 0 Å². The third kappa shape index (κ3) is 4.94. The highest BCUT2D eigenvalue weighted by molar-refractivity contribution is 4.95. The van der Waals surface area contributed by atoms with Crippen LogP contribution in [0.3, 0.4) is 0 Å². The SMILES string of the molecule is C[C@@H]1O[C@@H](O[C@@H]2[C@@H](O)[C@H](C)OC(O)[C@@H]2O)[C@H](O)[C@H](O[C@H]2O[C@H](CO)[C@H](O)[C@H](O)[C@H]2O)[C@H]1O. The Bertz CT molecular complexity index is 594. The highest BCUT2D eigenvalue weighted by Crippen LogP contribution is 2.32. The Morgan fingerprint density at radius 1 is 0.562 bits per heavy atom. The molecule has 1 unspecified atom stereocenters. The summed E-state index contributed by atoms with van der Waals surface area (Å²) in [5.74, 6) is 0. The first kappa shape index (κ1) is 26.1. The lowest BCUT2D eigenvalue weighted by molar-refractivity contribution is -0.375. The van der Waals surface area contributed by atoms with Gasteiger partial charge < -0.3 is 69.6 Å². The van der Waals surface area contributed by atoms with Crippen LogP contribution < -0.4 is 0 Å². The van der Waals surface area contributed by atoms with Crippen molar-refractivity contribution in [3.05, 3.63) is 0 Å². The summed E-state index contributed by atoms with van der Waals surface area (Å²) in [6.45, 7) is 2.16. The first-order valence-corrected chi connectivity index (χ1v) is 10.3. The number of hydrogen-bond donors (Lipinski definition) is 9. The van der Waals surface area contributed by atoms with E-state index < -0.39 is 98.7 Å². The minimum Gasteiger partial charge on any atom is -0.394 e. The molecule has 14 nitrogen and oxygen atoms in total. The molecule has 9 N–H and O–H groups in total. The third-order valence-corrected chi connectivity index (χ3v) is 6.01. The van der Waals surface area contributed by atoms with Gasteiger partial charge in [-0.25, -0.2) is 0 Å². The van der Waals surface area contributed by atoms with Gasteiger partial charge in [-0.1, -0.05) is 0 Å². The molecule has 0 radical (unpaired) electrons. The Morgan fingerprint density at radius 3 is 1.62 bits per heavy atom. The molecule has 3 aliphatic heterocycles. The van der Waals surface area contributed by atoms with E-state index in [4.69, 9.17) is 23.7 Å². The molecule has 0 bridgehead atoms. The molecule has 188 valence electrons. The maximum Gasteiger partial charge on any atom is 0.187 e. The van der Waals surface area contributed by atoms with Crippen LogP contribution in [-0.4, -0.2) is 145 Å². The van der Waals surface area contributed by atoms with Crippen molar-refractivity contribution < 1.29 is 69.6 Å². The van der Waals surface area contributed by atoms with Crippen LogP contribution in [0.2, 0.25) is 0 Å². The second-order valence-electron chi connectivity index (χ2n) is 8.30. The van der Waals surface area contributed by atoms with Crippen LogP contribution in [0, 0.1) is 0 Å². The molecule has 0 amide bonds. The fraction of sp³-hybridized carbons (Fsp3) is 1.00. The second-order valence-corrected chi connectivity index (χ2v) is 8.30. The molecule has 32 heavy (non-hydrogen) atoms. The molecule has 0 spiro atoms. The smallest absolute Gasteiger partial charge is 0.187 e. The molecule has 3 rings (SSSR count). The summed E-state index contributed by atoms with van der Waals surface area (Å²) in [7, 11) is 0. The predicted molar refractivity (Wildman–Crippen MR) is 98.4 cm³/mol. The number of aliphatic hydroxyl groups excluding tert-OH is 9. The van der Waals surface area contributed by atoms with Crippen LogP contribution in [0.15, 0.2) is 0 Å². The summed E-state index contributed by atoms with van der Waals surface area (Å²) < 4.78 is 26.7. The van der Waals surface area contributed by atoms with Crippen molar-refractivity contribution in [2.45, 2.75) is 106 Å². The molecule has 3 heterocycles. The van der Waals surface area contributed by atoms with Crippen LogP contribution in [-0.2, 0) is 23.7 Å². The van der Waals surface area contributed by atoms with Crippen LogP contribution in [0.4, 0.5) is 0 Å². The predicted octanol–water partition coefficient (Wildman–Crippen LogP) is -5.52. The van der Waals surface area contributed by atoms with Crippen molar-refractivity contribution in [3.63, 3.8) is 0 Å². The Kier molecular flexibility index (Phi) is 8.44.